The highest BCUT2D eigenvalue weighted by Gasteiger charge is 2.33. The summed E-state index contributed by atoms with van der Waals surface area (Å²) >= 11 is 12.7. The third kappa shape index (κ3) is 3.58. The molecule has 0 saturated heterocycles. The van der Waals surface area contributed by atoms with Crippen molar-refractivity contribution in [3.05, 3.63) is 33.3 Å². The van der Waals surface area contributed by atoms with Gasteiger partial charge in [0.15, 0.2) is 11.5 Å². The Labute approximate surface area is 167 Å². The molecule has 2 aromatic rings. The van der Waals surface area contributed by atoms with Gasteiger partial charge in [0.05, 0.1) is 10.0 Å². The number of rotatable bonds is 5. The molecule has 9 heteroatoms. The predicted octanol–water partition coefficient (Wildman–Crippen LogP) is 4.03. The van der Waals surface area contributed by atoms with E-state index in [1.54, 1.807) is 0 Å². The van der Waals surface area contributed by atoms with Crippen LogP contribution in [0.5, 0.6) is 11.5 Å². The summed E-state index contributed by atoms with van der Waals surface area (Å²) in [5.41, 5.74) is 0.523. The Morgan fingerprint density at radius 3 is 2.67 bits per heavy atom. The van der Waals surface area contributed by atoms with E-state index in [0.29, 0.717) is 31.6 Å². The number of fused-ring (bicyclic) bond motifs is 1. The average Bonchev–Trinajstić information content (AvgIpc) is 3.21. The highest BCUT2D eigenvalue weighted by atomic mass is 35.5. The number of carbonyl (C=O) groups excluding carboxylic acids is 1. The molecule has 0 fully saturated rings. The molecule has 2 heterocycles. The van der Waals surface area contributed by atoms with E-state index in [4.69, 9.17) is 27.9 Å². The SMILES string of the molecule is CCc1nnc2n1CC(c1c(Cl)c(Cl)cc(O)c1OC(=O)N(CC)CC)C2. The zero-order valence-corrected chi connectivity index (χ0v) is 17.0. The van der Waals surface area contributed by atoms with Gasteiger partial charge in [0, 0.05) is 50.0 Å². The molecule has 3 rings (SSSR count). The van der Waals surface area contributed by atoms with Crippen molar-refractivity contribution in [3.8, 4) is 11.5 Å². The van der Waals surface area contributed by atoms with Crippen molar-refractivity contribution >= 4 is 29.3 Å². The van der Waals surface area contributed by atoms with E-state index in [0.717, 1.165) is 18.1 Å². The van der Waals surface area contributed by atoms with Gasteiger partial charge in [-0.15, -0.1) is 10.2 Å². The van der Waals surface area contributed by atoms with Gasteiger partial charge in [-0.2, -0.15) is 0 Å². The lowest BCUT2D eigenvalue weighted by Gasteiger charge is -2.22. The largest absolute Gasteiger partial charge is 0.504 e. The van der Waals surface area contributed by atoms with Crippen molar-refractivity contribution in [1.82, 2.24) is 19.7 Å². The van der Waals surface area contributed by atoms with Crippen LogP contribution in [0.3, 0.4) is 0 Å². The van der Waals surface area contributed by atoms with Gasteiger partial charge < -0.3 is 19.3 Å². The minimum absolute atomic E-state index is 0.0584. The maximum atomic E-state index is 12.4. The molecular formula is C18H22Cl2N4O3. The standard InChI is InChI=1S/C18H22Cl2N4O3/c1-4-13-21-22-14-7-10(9-24(13)14)15-16(20)11(19)8-12(25)17(15)27-18(26)23(5-2)6-3/h8,10,25H,4-7,9H2,1-3H3. The van der Waals surface area contributed by atoms with E-state index in [2.05, 4.69) is 10.2 Å². The second-order valence-corrected chi connectivity index (χ2v) is 7.16. The molecule has 7 nitrogen and oxygen atoms in total. The molecule has 27 heavy (non-hydrogen) atoms. The number of carbonyl (C=O) groups is 1. The summed E-state index contributed by atoms with van der Waals surface area (Å²) in [5, 5.41) is 19.3. The summed E-state index contributed by atoms with van der Waals surface area (Å²) in [6.45, 7) is 7.31. The summed E-state index contributed by atoms with van der Waals surface area (Å²) in [5.74, 6) is 1.45. The Morgan fingerprint density at radius 1 is 1.33 bits per heavy atom. The summed E-state index contributed by atoms with van der Waals surface area (Å²) in [7, 11) is 0. The topological polar surface area (TPSA) is 80.5 Å². The van der Waals surface area contributed by atoms with Gasteiger partial charge >= 0.3 is 6.09 Å². The van der Waals surface area contributed by atoms with E-state index in [1.165, 1.54) is 11.0 Å². The van der Waals surface area contributed by atoms with Crippen molar-refractivity contribution in [2.75, 3.05) is 13.1 Å². The first-order valence-corrected chi connectivity index (χ1v) is 9.75. The number of ether oxygens (including phenoxy) is 1. The number of aromatic hydroxyl groups is 1. The molecular weight excluding hydrogens is 391 g/mol. The van der Waals surface area contributed by atoms with Gasteiger partial charge in [0.1, 0.15) is 11.6 Å². The van der Waals surface area contributed by atoms with Gasteiger partial charge in [-0.3, -0.25) is 0 Å². The molecule has 146 valence electrons. The fourth-order valence-corrected chi connectivity index (χ4v) is 3.91. The monoisotopic (exact) mass is 412 g/mol. The molecule has 1 aliphatic heterocycles. The highest BCUT2D eigenvalue weighted by Crippen LogP contribution is 2.47. The average molecular weight is 413 g/mol. The van der Waals surface area contributed by atoms with Gasteiger partial charge in [-0.05, 0) is 13.8 Å². The highest BCUT2D eigenvalue weighted by molar-refractivity contribution is 6.42. The molecule has 0 aliphatic carbocycles. The quantitative estimate of drug-likeness (QED) is 0.801. The lowest BCUT2D eigenvalue weighted by atomic mass is 9.96. The first-order chi connectivity index (χ1) is 12.9. The van der Waals surface area contributed by atoms with Crippen LogP contribution in [0.1, 0.15) is 43.9 Å². The van der Waals surface area contributed by atoms with Crippen molar-refractivity contribution < 1.29 is 14.6 Å². The first kappa shape index (κ1) is 19.8. The van der Waals surface area contributed by atoms with Gasteiger partial charge in [-0.1, -0.05) is 30.1 Å². The molecule has 1 amide bonds. The maximum Gasteiger partial charge on any atom is 0.415 e. The molecule has 1 N–H and O–H groups in total. The number of benzene rings is 1. The Morgan fingerprint density at radius 2 is 2.04 bits per heavy atom. The predicted molar refractivity (Wildman–Crippen MR) is 103 cm³/mol. The van der Waals surface area contributed by atoms with Crippen LogP contribution in [0.2, 0.25) is 10.0 Å². The van der Waals surface area contributed by atoms with Gasteiger partial charge in [0.2, 0.25) is 0 Å². The van der Waals surface area contributed by atoms with E-state index in [1.807, 2.05) is 25.3 Å². The number of aromatic nitrogens is 3. The van der Waals surface area contributed by atoms with Crippen molar-refractivity contribution in [2.24, 2.45) is 0 Å². The van der Waals surface area contributed by atoms with Crippen LogP contribution in [-0.4, -0.2) is 44.0 Å². The summed E-state index contributed by atoms with van der Waals surface area (Å²) in [6.07, 6.45) is 0.794. The number of phenols is 1. The lowest BCUT2D eigenvalue weighted by Crippen LogP contribution is -2.33. The van der Waals surface area contributed by atoms with E-state index >= 15 is 0 Å². The molecule has 0 radical (unpaired) electrons. The molecule has 1 unspecified atom stereocenters. The molecule has 1 aliphatic rings. The minimum atomic E-state index is -0.540. The normalized spacial score (nSPS) is 15.7. The smallest absolute Gasteiger partial charge is 0.415 e. The third-order valence-corrected chi connectivity index (χ3v) is 5.66. The molecule has 1 atom stereocenters. The minimum Gasteiger partial charge on any atom is -0.504 e. The van der Waals surface area contributed by atoms with Crippen LogP contribution in [-0.2, 0) is 19.4 Å². The zero-order valence-electron chi connectivity index (χ0n) is 15.5. The van der Waals surface area contributed by atoms with Gasteiger partial charge in [0.25, 0.3) is 0 Å². The number of aryl methyl sites for hydroxylation is 1. The lowest BCUT2D eigenvalue weighted by molar-refractivity contribution is 0.155. The number of hydrogen-bond acceptors (Lipinski definition) is 5. The van der Waals surface area contributed by atoms with E-state index in [9.17, 15) is 9.90 Å². The van der Waals surface area contributed by atoms with Crippen LogP contribution >= 0.6 is 23.2 Å². The fraction of sp³-hybridized carbons (Fsp3) is 0.500. The van der Waals surface area contributed by atoms with E-state index < -0.39 is 6.09 Å². The van der Waals surface area contributed by atoms with Crippen molar-refractivity contribution in [3.63, 3.8) is 0 Å². The second kappa shape index (κ2) is 7.94. The van der Waals surface area contributed by atoms with E-state index in [-0.39, 0.29) is 27.5 Å². The Balaban J connectivity index is 1.99. The maximum absolute atomic E-state index is 12.4. The van der Waals surface area contributed by atoms with Crippen LogP contribution < -0.4 is 4.74 Å². The number of halogens is 2. The van der Waals surface area contributed by atoms with Crippen LogP contribution in [0, 0.1) is 0 Å². The fourth-order valence-electron chi connectivity index (χ4n) is 3.42. The molecule has 1 aromatic heterocycles. The summed E-state index contributed by atoms with van der Waals surface area (Å²) in [4.78, 5) is 14.0. The molecule has 0 saturated carbocycles. The van der Waals surface area contributed by atoms with Crippen LogP contribution in [0.25, 0.3) is 0 Å². The van der Waals surface area contributed by atoms with Gasteiger partial charge in [-0.25, -0.2) is 4.79 Å². The van der Waals surface area contributed by atoms with Crippen molar-refractivity contribution in [2.45, 2.75) is 46.1 Å². The zero-order chi connectivity index (χ0) is 19.7. The van der Waals surface area contributed by atoms with Crippen molar-refractivity contribution in [1.29, 1.82) is 0 Å². The molecule has 0 bridgehead atoms. The second-order valence-electron chi connectivity index (χ2n) is 6.37. The van der Waals surface area contributed by atoms with Crippen LogP contribution in [0.4, 0.5) is 4.79 Å². The number of amides is 1. The number of hydrogen-bond donors (Lipinski definition) is 1. The number of phenolic OH excluding ortho intramolecular Hbond substituents is 1. The van der Waals surface area contributed by atoms with Crippen LogP contribution in [0.15, 0.2) is 6.07 Å². The first-order valence-electron chi connectivity index (χ1n) is 8.99. The Kier molecular flexibility index (Phi) is 5.81. The summed E-state index contributed by atoms with van der Waals surface area (Å²) in [6, 6.07) is 1.30. The molecule has 0 spiro atoms. The third-order valence-electron chi connectivity index (χ3n) is 4.86. The molecule has 1 aromatic carbocycles. The summed E-state index contributed by atoms with van der Waals surface area (Å²) < 4.78 is 7.59. The Bertz CT molecular complexity index is 865. The Hall–Kier alpha value is -1.99. The number of nitrogens with zero attached hydrogens (tertiary/aromatic N) is 4.